The Morgan fingerprint density at radius 2 is 1.89 bits per heavy atom. The van der Waals surface area contributed by atoms with E-state index in [1.165, 1.54) is 16.9 Å². The number of hydrogen-bond donors (Lipinski definition) is 1. The lowest BCUT2D eigenvalue weighted by Gasteiger charge is -2.30. The van der Waals surface area contributed by atoms with E-state index in [1.807, 2.05) is 31.2 Å². The minimum absolute atomic E-state index is 0.347. The van der Waals surface area contributed by atoms with Gasteiger partial charge in [-0.2, -0.15) is 0 Å². The average molecular weight is 412 g/mol. The van der Waals surface area contributed by atoms with Crippen molar-refractivity contribution in [2.75, 3.05) is 27.8 Å². The van der Waals surface area contributed by atoms with Crippen molar-refractivity contribution in [2.24, 2.45) is 0 Å². The van der Waals surface area contributed by atoms with E-state index in [9.17, 15) is 5.11 Å². The summed E-state index contributed by atoms with van der Waals surface area (Å²) in [7, 11) is 5.32. The van der Waals surface area contributed by atoms with E-state index in [1.54, 1.807) is 14.2 Å². The van der Waals surface area contributed by atoms with Crippen LogP contribution in [-0.4, -0.2) is 44.1 Å². The average Bonchev–Trinajstić information content (AvgIpc) is 3.06. The van der Waals surface area contributed by atoms with Crippen molar-refractivity contribution in [3.8, 4) is 0 Å². The summed E-state index contributed by atoms with van der Waals surface area (Å²) in [6.07, 6.45) is 1.48. The molecular weight excluding hydrogens is 382 g/mol. The SMILES string of the molecule is CCC(O)(CCN(C)Cc1ccccc1)c1cc(Cl)sc1CC(OC)OC. The van der Waals surface area contributed by atoms with Gasteiger partial charge < -0.3 is 19.5 Å². The first-order chi connectivity index (χ1) is 12.9. The van der Waals surface area contributed by atoms with Crippen LogP contribution in [0.15, 0.2) is 36.4 Å². The van der Waals surface area contributed by atoms with E-state index in [-0.39, 0.29) is 6.29 Å². The van der Waals surface area contributed by atoms with Gasteiger partial charge in [0.1, 0.15) is 0 Å². The second kappa shape index (κ2) is 10.6. The quantitative estimate of drug-likeness (QED) is 0.545. The molecule has 0 aliphatic rings. The number of benzene rings is 1. The molecule has 0 radical (unpaired) electrons. The molecule has 1 N–H and O–H groups in total. The van der Waals surface area contributed by atoms with Crippen LogP contribution in [-0.2, 0) is 28.0 Å². The maximum absolute atomic E-state index is 11.4. The van der Waals surface area contributed by atoms with Crippen LogP contribution in [0.2, 0.25) is 4.34 Å². The van der Waals surface area contributed by atoms with Gasteiger partial charge >= 0.3 is 0 Å². The van der Waals surface area contributed by atoms with Crippen molar-refractivity contribution >= 4 is 22.9 Å². The third-order valence-corrected chi connectivity index (χ3v) is 6.23. The normalized spacial score (nSPS) is 14.1. The molecule has 27 heavy (non-hydrogen) atoms. The van der Waals surface area contributed by atoms with E-state index < -0.39 is 5.60 Å². The van der Waals surface area contributed by atoms with Gasteiger partial charge in [0.15, 0.2) is 6.29 Å². The van der Waals surface area contributed by atoms with E-state index in [0.717, 1.165) is 23.5 Å². The molecule has 0 fully saturated rings. The van der Waals surface area contributed by atoms with Gasteiger partial charge in [-0.3, -0.25) is 0 Å². The molecule has 1 unspecified atom stereocenters. The molecule has 2 aromatic rings. The molecule has 1 aromatic carbocycles. The largest absolute Gasteiger partial charge is 0.385 e. The molecule has 0 saturated heterocycles. The van der Waals surface area contributed by atoms with Crippen molar-refractivity contribution in [1.82, 2.24) is 4.90 Å². The van der Waals surface area contributed by atoms with Gasteiger partial charge in [0.2, 0.25) is 0 Å². The molecule has 4 nitrogen and oxygen atoms in total. The summed E-state index contributed by atoms with van der Waals surface area (Å²) in [5.41, 5.74) is 1.24. The summed E-state index contributed by atoms with van der Waals surface area (Å²) in [4.78, 5) is 3.25. The standard InChI is InChI=1S/C21H30ClNO3S/c1-5-21(24,11-12-23(2)15-16-9-7-6-8-10-16)17-13-19(22)27-18(17)14-20(25-3)26-4/h6-10,13,20,24H,5,11-12,14-15H2,1-4H3. The first-order valence-corrected chi connectivity index (χ1v) is 10.4. The van der Waals surface area contributed by atoms with Crippen molar-refractivity contribution in [3.05, 3.63) is 56.7 Å². The number of thiophene rings is 1. The van der Waals surface area contributed by atoms with Crippen LogP contribution in [0.25, 0.3) is 0 Å². The van der Waals surface area contributed by atoms with Crippen LogP contribution in [0.5, 0.6) is 0 Å². The summed E-state index contributed by atoms with van der Waals surface area (Å²) in [5, 5.41) is 11.4. The van der Waals surface area contributed by atoms with Gasteiger partial charge in [-0.15, -0.1) is 11.3 Å². The number of aliphatic hydroxyl groups is 1. The molecule has 150 valence electrons. The molecule has 0 aliphatic carbocycles. The van der Waals surface area contributed by atoms with Gasteiger partial charge in [-0.05, 0) is 37.1 Å². The Morgan fingerprint density at radius 3 is 2.48 bits per heavy atom. The summed E-state index contributed by atoms with van der Waals surface area (Å²) < 4.78 is 11.3. The Kier molecular flexibility index (Phi) is 8.73. The van der Waals surface area contributed by atoms with Crippen LogP contribution < -0.4 is 0 Å². The Labute approximate surface area is 171 Å². The highest BCUT2D eigenvalue weighted by Crippen LogP contribution is 2.39. The predicted molar refractivity (Wildman–Crippen MR) is 112 cm³/mol. The highest BCUT2D eigenvalue weighted by Gasteiger charge is 2.32. The number of rotatable bonds is 11. The van der Waals surface area contributed by atoms with E-state index in [0.29, 0.717) is 23.6 Å². The summed E-state index contributed by atoms with van der Waals surface area (Å²) in [5.74, 6) is 0. The molecule has 1 heterocycles. The number of halogens is 1. The Balaban J connectivity index is 2.09. The monoisotopic (exact) mass is 411 g/mol. The molecule has 0 bridgehead atoms. The number of methoxy groups -OCH3 is 2. The van der Waals surface area contributed by atoms with Crippen molar-refractivity contribution in [1.29, 1.82) is 0 Å². The summed E-state index contributed by atoms with van der Waals surface area (Å²) in [6.45, 7) is 3.65. The molecule has 0 saturated carbocycles. The van der Waals surface area contributed by atoms with E-state index in [2.05, 4.69) is 24.1 Å². The maximum Gasteiger partial charge on any atom is 0.161 e. The Hall–Kier alpha value is -0.950. The minimum atomic E-state index is -0.921. The van der Waals surface area contributed by atoms with Crippen LogP contribution >= 0.6 is 22.9 Å². The van der Waals surface area contributed by atoms with Gasteiger partial charge in [0, 0.05) is 38.6 Å². The van der Waals surface area contributed by atoms with Crippen LogP contribution in [0.4, 0.5) is 0 Å². The highest BCUT2D eigenvalue weighted by molar-refractivity contribution is 7.16. The van der Waals surface area contributed by atoms with Gasteiger partial charge in [-0.25, -0.2) is 0 Å². The zero-order valence-electron chi connectivity index (χ0n) is 16.6. The van der Waals surface area contributed by atoms with Crippen molar-refractivity contribution in [3.63, 3.8) is 0 Å². The third kappa shape index (κ3) is 6.28. The topological polar surface area (TPSA) is 41.9 Å². The summed E-state index contributed by atoms with van der Waals surface area (Å²) >= 11 is 7.77. The fraction of sp³-hybridized carbons (Fsp3) is 0.524. The first-order valence-electron chi connectivity index (χ1n) is 9.21. The number of ether oxygens (including phenoxy) is 2. The lowest BCUT2D eigenvalue weighted by molar-refractivity contribution is -0.100. The molecule has 1 aromatic heterocycles. The van der Waals surface area contributed by atoms with Gasteiger partial charge in [0.25, 0.3) is 0 Å². The van der Waals surface area contributed by atoms with E-state index in [4.69, 9.17) is 21.1 Å². The summed E-state index contributed by atoms with van der Waals surface area (Å²) in [6, 6.07) is 12.3. The zero-order valence-corrected chi connectivity index (χ0v) is 18.1. The molecule has 1 atom stereocenters. The van der Waals surface area contributed by atoms with Gasteiger partial charge in [0.05, 0.1) is 9.94 Å². The Morgan fingerprint density at radius 1 is 1.22 bits per heavy atom. The number of hydrogen-bond acceptors (Lipinski definition) is 5. The van der Waals surface area contributed by atoms with Crippen LogP contribution in [0.3, 0.4) is 0 Å². The van der Waals surface area contributed by atoms with Crippen molar-refractivity contribution in [2.45, 2.75) is 44.6 Å². The highest BCUT2D eigenvalue weighted by atomic mass is 35.5. The minimum Gasteiger partial charge on any atom is -0.385 e. The number of nitrogens with zero attached hydrogens (tertiary/aromatic N) is 1. The lowest BCUT2D eigenvalue weighted by atomic mass is 9.87. The second-order valence-corrected chi connectivity index (χ2v) is 8.62. The van der Waals surface area contributed by atoms with Crippen LogP contribution in [0.1, 0.15) is 35.8 Å². The maximum atomic E-state index is 11.4. The zero-order chi connectivity index (χ0) is 19.9. The molecule has 0 amide bonds. The fourth-order valence-corrected chi connectivity index (χ4v) is 4.59. The second-order valence-electron chi connectivity index (χ2n) is 6.85. The lowest BCUT2D eigenvalue weighted by Crippen LogP contribution is -2.32. The molecular formula is C21H30ClNO3S. The smallest absolute Gasteiger partial charge is 0.161 e. The molecule has 6 heteroatoms. The predicted octanol–water partition coefficient (Wildman–Crippen LogP) is 4.68. The first kappa shape index (κ1) is 22.3. The molecule has 0 spiro atoms. The van der Waals surface area contributed by atoms with E-state index >= 15 is 0 Å². The van der Waals surface area contributed by atoms with Gasteiger partial charge in [-0.1, -0.05) is 48.9 Å². The fourth-order valence-electron chi connectivity index (χ4n) is 3.21. The third-order valence-electron chi connectivity index (χ3n) is 4.95. The van der Waals surface area contributed by atoms with Crippen LogP contribution in [0, 0.1) is 0 Å². The molecule has 0 aliphatic heterocycles. The Bertz CT molecular complexity index is 690. The molecule has 2 rings (SSSR count). The van der Waals surface area contributed by atoms with Crippen molar-refractivity contribution < 1.29 is 14.6 Å².